The molecule has 0 amide bonds. The number of hydrogen-bond donors (Lipinski definition) is 1. The van der Waals surface area contributed by atoms with E-state index in [9.17, 15) is 5.11 Å². The second kappa shape index (κ2) is 9.60. The minimum Gasteiger partial charge on any atom is -0.507 e. The first-order valence-electron chi connectivity index (χ1n) is 9.38. The molecule has 0 unspecified atom stereocenters. The van der Waals surface area contributed by atoms with Gasteiger partial charge in [-0.25, -0.2) is 0 Å². The molecule has 0 atom stereocenters. The SMILES string of the molecule is CC(C)CCCCCCCCCc1ccc2ccccc2c1O. The van der Waals surface area contributed by atoms with Crippen molar-refractivity contribution in [1.29, 1.82) is 0 Å². The Bertz CT molecular complexity index is 586. The lowest BCUT2D eigenvalue weighted by atomic mass is 9.99. The van der Waals surface area contributed by atoms with E-state index in [0.717, 1.165) is 28.7 Å². The van der Waals surface area contributed by atoms with Gasteiger partial charge in [-0.15, -0.1) is 0 Å². The molecule has 0 spiro atoms. The van der Waals surface area contributed by atoms with Gasteiger partial charge in [0.2, 0.25) is 0 Å². The summed E-state index contributed by atoms with van der Waals surface area (Å²) in [4.78, 5) is 0. The molecule has 2 rings (SSSR count). The van der Waals surface area contributed by atoms with Crippen LogP contribution in [0.2, 0.25) is 0 Å². The van der Waals surface area contributed by atoms with Crippen molar-refractivity contribution < 1.29 is 5.11 Å². The predicted molar refractivity (Wildman–Crippen MR) is 101 cm³/mol. The summed E-state index contributed by atoms with van der Waals surface area (Å²) in [6.07, 6.45) is 11.7. The lowest BCUT2D eigenvalue weighted by Crippen LogP contribution is -1.89. The van der Waals surface area contributed by atoms with Gasteiger partial charge in [-0.05, 0) is 29.7 Å². The summed E-state index contributed by atoms with van der Waals surface area (Å²) in [6.45, 7) is 4.62. The molecular weight excluding hydrogens is 280 g/mol. The van der Waals surface area contributed by atoms with Gasteiger partial charge >= 0.3 is 0 Å². The molecule has 0 aliphatic rings. The molecule has 0 aliphatic carbocycles. The van der Waals surface area contributed by atoms with Gasteiger partial charge in [-0.2, -0.15) is 0 Å². The lowest BCUT2D eigenvalue weighted by molar-refractivity contribution is 0.472. The zero-order valence-electron chi connectivity index (χ0n) is 14.9. The monoisotopic (exact) mass is 312 g/mol. The number of unbranched alkanes of at least 4 members (excludes halogenated alkanes) is 6. The van der Waals surface area contributed by atoms with E-state index in [-0.39, 0.29) is 0 Å². The summed E-state index contributed by atoms with van der Waals surface area (Å²) in [5.41, 5.74) is 1.10. The maximum atomic E-state index is 10.4. The quantitative estimate of drug-likeness (QED) is 0.475. The Morgan fingerprint density at radius 3 is 2.17 bits per heavy atom. The first kappa shape index (κ1) is 17.8. The Labute approximate surface area is 141 Å². The maximum Gasteiger partial charge on any atom is 0.126 e. The van der Waals surface area contributed by atoms with Crippen LogP contribution >= 0.6 is 0 Å². The van der Waals surface area contributed by atoms with Gasteiger partial charge in [0.1, 0.15) is 5.75 Å². The minimum absolute atomic E-state index is 0.483. The van der Waals surface area contributed by atoms with E-state index < -0.39 is 0 Å². The van der Waals surface area contributed by atoms with Crippen LogP contribution in [0, 0.1) is 5.92 Å². The van der Waals surface area contributed by atoms with Crippen molar-refractivity contribution in [3.63, 3.8) is 0 Å². The van der Waals surface area contributed by atoms with Crippen LogP contribution in [-0.2, 0) is 6.42 Å². The summed E-state index contributed by atoms with van der Waals surface area (Å²) < 4.78 is 0. The zero-order valence-corrected chi connectivity index (χ0v) is 14.9. The summed E-state index contributed by atoms with van der Waals surface area (Å²) in [5, 5.41) is 12.5. The normalized spacial score (nSPS) is 11.4. The van der Waals surface area contributed by atoms with Crippen LogP contribution in [0.25, 0.3) is 10.8 Å². The molecule has 2 aromatic carbocycles. The Morgan fingerprint density at radius 1 is 0.783 bits per heavy atom. The van der Waals surface area contributed by atoms with Gasteiger partial charge in [0.15, 0.2) is 0 Å². The lowest BCUT2D eigenvalue weighted by Gasteiger charge is -2.08. The van der Waals surface area contributed by atoms with Crippen molar-refractivity contribution in [1.82, 2.24) is 0 Å². The van der Waals surface area contributed by atoms with E-state index in [0.29, 0.717) is 5.75 Å². The molecule has 0 aliphatic heterocycles. The number of rotatable bonds is 10. The largest absolute Gasteiger partial charge is 0.507 e. The minimum atomic E-state index is 0.483. The van der Waals surface area contributed by atoms with Crippen molar-refractivity contribution >= 4 is 10.8 Å². The van der Waals surface area contributed by atoms with Gasteiger partial charge in [-0.3, -0.25) is 0 Å². The van der Waals surface area contributed by atoms with E-state index in [1.165, 1.54) is 51.4 Å². The van der Waals surface area contributed by atoms with Crippen molar-refractivity contribution in [2.24, 2.45) is 5.92 Å². The number of aryl methyl sites for hydroxylation is 1. The predicted octanol–water partition coefficient (Wildman–Crippen LogP) is 6.86. The van der Waals surface area contributed by atoms with Crippen LogP contribution in [0.1, 0.15) is 70.8 Å². The van der Waals surface area contributed by atoms with Crippen LogP contribution in [0.3, 0.4) is 0 Å². The number of hydrogen-bond acceptors (Lipinski definition) is 1. The highest BCUT2D eigenvalue weighted by atomic mass is 16.3. The standard InChI is InChI=1S/C22H32O/c1-18(2)12-8-6-4-3-5-7-9-14-20-17-16-19-13-10-11-15-21(19)22(20)23/h10-11,13,15-18,23H,3-9,12,14H2,1-2H3. The van der Waals surface area contributed by atoms with Gasteiger partial charge in [-0.1, -0.05) is 95.2 Å². The molecule has 2 aromatic rings. The summed E-state index contributed by atoms with van der Waals surface area (Å²) in [7, 11) is 0. The molecule has 1 nitrogen and oxygen atoms in total. The van der Waals surface area contributed by atoms with Crippen LogP contribution < -0.4 is 0 Å². The van der Waals surface area contributed by atoms with E-state index in [2.05, 4.69) is 32.0 Å². The van der Waals surface area contributed by atoms with E-state index in [1.807, 2.05) is 18.2 Å². The fourth-order valence-electron chi connectivity index (χ4n) is 3.25. The van der Waals surface area contributed by atoms with Gasteiger partial charge in [0.25, 0.3) is 0 Å². The van der Waals surface area contributed by atoms with Crippen LogP contribution in [-0.4, -0.2) is 5.11 Å². The molecule has 0 aromatic heterocycles. The third-order valence-corrected chi connectivity index (χ3v) is 4.71. The zero-order chi connectivity index (χ0) is 16.5. The van der Waals surface area contributed by atoms with E-state index in [1.54, 1.807) is 0 Å². The Morgan fingerprint density at radius 2 is 1.43 bits per heavy atom. The number of phenolic OH excluding ortho intramolecular Hbond substituents is 1. The smallest absolute Gasteiger partial charge is 0.126 e. The first-order chi connectivity index (χ1) is 11.2. The van der Waals surface area contributed by atoms with Gasteiger partial charge in [0.05, 0.1) is 0 Å². The number of aromatic hydroxyl groups is 1. The maximum absolute atomic E-state index is 10.4. The topological polar surface area (TPSA) is 20.2 Å². The average Bonchev–Trinajstić information content (AvgIpc) is 2.55. The fourth-order valence-corrected chi connectivity index (χ4v) is 3.25. The molecule has 0 radical (unpaired) electrons. The highest BCUT2D eigenvalue weighted by Crippen LogP contribution is 2.29. The first-order valence-corrected chi connectivity index (χ1v) is 9.38. The summed E-state index contributed by atoms with van der Waals surface area (Å²) in [5.74, 6) is 1.33. The van der Waals surface area contributed by atoms with Crippen LogP contribution in [0.4, 0.5) is 0 Å². The van der Waals surface area contributed by atoms with Gasteiger partial charge in [0, 0.05) is 5.39 Å². The highest BCUT2D eigenvalue weighted by Gasteiger charge is 2.05. The molecule has 0 fully saturated rings. The number of benzene rings is 2. The molecule has 0 heterocycles. The van der Waals surface area contributed by atoms with Gasteiger partial charge < -0.3 is 5.11 Å². The fraction of sp³-hybridized carbons (Fsp3) is 0.545. The molecule has 0 saturated carbocycles. The second-order valence-electron chi connectivity index (χ2n) is 7.20. The Kier molecular flexibility index (Phi) is 7.45. The molecular formula is C22H32O. The highest BCUT2D eigenvalue weighted by molar-refractivity contribution is 5.89. The molecule has 1 heteroatoms. The summed E-state index contributed by atoms with van der Waals surface area (Å²) >= 11 is 0. The molecule has 126 valence electrons. The van der Waals surface area contributed by atoms with Crippen molar-refractivity contribution in [2.45, 2.75) is 71.6 Å². The van der Waals surface area contributed by atoms with Crippen molar-refractivity contribution in [3.8, 4) is 5.75 Å². The summed E-state index contributed by atoms with van der Waals surface area (Å²) in [6, 6.07) is 12.3. The third kappa shape index (κ3) is 5.89. The van der Waals surface area contributed by atoms with Crippen LogP contribution in [0.5, 0.6) is 5.75 Å². The van der Waals surface area contributed by atoms with Crippen molar-refractivity contribution in [3.05, 3.63) is 42.0 Å². The molecule has 23 heavy (non-hydrogen) atoms. The third-order valence-electron chi connectivity index (χ3n) is 4.71. The van der Waals surface area contributed by atoms with E-state index >= 15 is 0 Å². The number of fused-ring (bicyclic) bond motifs is 1. The molecule has 0 saturated heterocycles. The molecule has 1 N–H and O–H groups in total. The van der Waals surface area contributed by atoms with E-state index in [4.69, 9.17) is 0 Å². The van der Waals surface area contributed by atoms with Crippen LogP contribution in [0.15, 0.2) is 36.4 Å². The Balaban J connectivity index is 1.64. The average molecular weight is 312 g/mol. The molecule has 0 bridgehead atoms. The second-order valence-corrected chi connectivity index (χ2v) is 7.20. The Hall–Kier alpha value is -1.50. The number of phenols is 1. The van der Waals surface area contributed by atoms with Crippen molar-refractivity contribution in [2.75, 3.05) is 0 Å².